The van der Waals surface area contributed by atoms with Gasteiger partial charge in [-0.2, -0.15) is 18.2 Å². The molecule has 1 atom stereocenters. The predicted octanol–water partition coefficient (Wildman–Crippen LogP) is 2.21. The number of aryl methyl sites for hydroxylation is 1. The van der Waals surface area contributed by atoms with Gasteiger partial charge in [-0.05, 0) is 19.4 Å². The number of halogens is 3. The number of rotatable bonds is 2. The Morgan fingerprint density at radius 2 is 2.21 bits per heavy atom. The van der Waals surface area contributed by atoms with Gasteiger partial charge in [-0.1, -0.05) is 5.16 Å². The molecule has 3 rings (SSSR count). The Labute approximate surface area is 134 Å². The van der Waals surface area contributed by atoms with Gasteiger partial charge in [0, 0.05) is 25.2 Å². The highest BCUT2D eigenvalue weighted by atomic mass is 19.4. The maximum Gasteiger partial charge on any atom is 0.433 e. The van der Waals surface area contributed by atoms with Crippen LogP contribution in [-0.4, -0.2) is 44.1 Å². The summed E-state index contributed by atoms with van der Waals surface area (Å²) in [6.45, 7) is 2.18. The summed E-state index contributed by atoms with van der Waals surface area (Å²) in [5.74, 6) is 0.0956. The molecule has 2 amide bonds. The van der Waals surface area contributed by atoms with E-state index < -0.39 is 17.9 Å². The maximum absolute atomic E-state index is 12.7. The molecule has 0 bridgehead atoms. The number of amides is 2. The summed E-state index contributed by atoms with van der Waals surface area (Å²) in [4.78, 5) is 24.9. The molecular formula is C13H13F3N6O2. The van der Waals surface area contributed by atoms with Crippen molar-refractivity contribution in [3.05, 3.63) is 29.6 Å². The van der Waals surface area contributed by atoms with Gasteiger partial charge in [0.2, 0.25) is 0 Å². The van der Waals surface area contributed by atoms with E-state index in [4.69, 9.17) is 4.52 Å². The summed E-state index contributed by atoms with van der Waals surface area (Å²) < 4.78 is 42.9. The molecule has 24 heavy (non-hydrogen) atoms. The van der Waals surface area contributed by atoms with Gasteiger partial charge in [0.25, 0.3) is 0 Å². The van der Waals surface area contributed by atoms with Crippen molar-refractivity contribution in [1.29, 1.82) is 0 Å². The lowest BCUT2D eigenvalue weighted by Gasteiger charge is -2.15. The highest BCUT2D eigenvalue weighted by molar-refractivity contribution is 5.87. The van der Waals surface area contributed by atoms with Crippen molar-refractivity contribution in [1.82, 2.24) is 25.0 Å². The Morgan fingerprint density at radius 3 is 2.88 bits per heavy atom. The number of nitrogens with one attached hydrogen (secondary N) is 1. The number of carbonyl (C=O) groups excluding carboxylic acids is 1. The molecule has 8 nitrogen and oxygen atoms in total. The number of aromatic nitrogens is 4. The molecule has 1 fully saturated rings. The van der Waals surface area contributed by atoms with E-state index in [-0.39, 0.29) is 24.3 Å². The minimum Gasteiger partial charge on any atom is -0.324 e. The molecule has 1 aliphatic rings. The van der Waals surface area contributed by atoms with Crippen molar-refractivity contribution in [3.8, 4) is 0 Å². The van der Waals surface area contributed by atoms with Crippen LogP contribution in [0.2, 0.25) is 0 Å². The molecule has 1 N–H and O–H groups in total. The van der Waals surface area contributed by atoms with E-state index in [1.54, 1.807) is 6.92 Å². The van der Waals surface area contributed by atoms with Crippen LogP contribution in [0.5, 0.6) is 0 Å². The fraction of sp³-hybridized carbons (Fsp3) is 0.462. The molecule has 0 aliphatic carbocycles. The van der Waals surface area contributed by atoms with Gasteiger partial charge in [0.05, 0.1) is 0 Å². The second kappa shape index (κ2) is 6.06. The third-order valence-electron chi connectivity index (χ3n) is 3.55. The van der Waals surface area contributed by atoms with Crippen LogP contribution in [-0.2, 0) is 6.18 Å². The number of carbonyl (C=O) groups is 1. The van der Waals surface area contributed by atoms with Crippen LogP contribution < -0.4 is 5.32 Å². The summed E-state index contributed by atoms with van der Waals surface area (Å²) in [6, 6.07) is 0.324. The molecule has 128 valence electrons. The summed E-state index contributed by atoms with van der Waals surface area (Å²) in [5.41, 5.74) is -0.989. The first-order valence-corrected chi connectivity index (χ1v) is 7.09. The average Bonchev–Trinajstić information content (AvgIpc) is 3.16. The Bertz CT molecular complexity index is 747. The van der Waals surface area contributed by atoms with E-state index in [2.05, 4.69) is 25.4 Å². The predicted molar refractivity (Wildman–Crippen MR) is 74.0 cm³/mol. The minimum absolute atomic E-state index is 0.0312. The number of alkyl halides is 3. The first kappa shape index (κ1) is 16.1. The standard InChI is InChI=1S/C13H13F3N6O2/c1-7-18-11(24-21-7)20-12(23)22-5-3-8(6-22)10-17-4-2-9(19-10)13(14,15)16/h2,4,8H,3,5-6H2,1H3,(H,18,20,21,23). The van der Waals surface area contributed by atoms with Crippen molar-refractivity contribution in [2.75, 3.05) is 18.4 Å². The Balaban J connectivity index is 1.66. The van der Waals surface area contributed by atoms with Crippen LogP contribution in [0.3, 0.4) is 0 Å². The average molecular weight is 342 g/mol. The quantitative estimate of drug-likeness (QED) is 0.899. The Hall–Kier alpha value is -2.72. The van der Waals surface area contributed by atoms with Gasteiger partial charge < -0.3 is 9.42 Å². The summed E-state index contributed by atoms with van der Waals surface area (Å²) in [7, 11) is 0. The van der Waals surface area contributed by atoms with E-state index in [0.717, 1.165) is 12.3 Å². The van der Waals surface area contributed by atoms with Crippen LogP contribution in [0.4, 0.5) is 24.0 Å². The van der Waals surface area contributed by atoms with E-state index >= 15 is 0 Å². The lowest BCUT2D eigenvalue weighted by Crippen LogP contribution is -2.33. The van der Waals surface area contributed by atoms with Crippen molar-refractivity contribution < 1.29 is 22.5 Å². The van der Waals surface area contributed by atoms with Crippen LogP contribution >= 0.6 is 0 Å². The fourth-order valence-corrected chi connectivity index (χ4v) is 2.40. The zero-order valence-electron chi connectivity index (χ0n) is 12.5. The van der Waals surface area contributed by atoms with Gasteiger partial charge in [0.1, 0.15) is 11.5 Å². The fourth-order valence-electron chi connectivity index (χ4n) is 2.40. The number of urea groups is 1. The molecule has 0 saturated carbocycles. The number of hydrogen-bond acceptors (Lipinski definition) is 6. The molecule has 1 saturated heterocycles. The van der Waals surface area contributed by atoms with Gasteiger partial charge in [-0.15, -0.1) is 0 Å². The summed E-state index contributed by atoms with van der Waals surface area (Å²) >= 11 is 0. The van der Waals surface area contributed by atoms with Gasteiger partial charge in [-0.3, -0.25) is 5.32 Å². The zero-order valence-corrected chi connectivity index (χ0v) is 12.5. The first-order chi connectivity index (χ1) is 11.3. The molecule has 3 heterocycles. The second-order valence-corrected chi connectivity index (χ2v) is 5.31. The minimum atomic E-state index is -4.52. The van der Waals surface area contributed by atoms with Gasteiger partial charge in [0.15, 0.2) is 5.82 Å². The molecule has 2 aromatic heterocycles. The van der Waals surface area contributed by atoms with Gasteiger partial charge in [-0.25, -0.2) is 14.8 Å². The highest BCUT2D eigenvalue weighted by Gasteiger charge is 2.35. The molecular weight excluding hydrogens is 329 g/mol. The lowest BCUT2D eigenvalue weighted by molar-refractivity contribution is -0.141. The van der Waals surface area contributed by atoms with Crippen LogP contribution in [0.1, 0.15) is 29.7 Å². The molecule has 0 radical (unpaired) electrons. The second-order valence-electron chi connectivity index (χ2n) is 5.31. The lowest BCUT2D eigenvalue weighted by atomic mass is 10.1. The number of hydrogen-bond donors (Lipinski definition) is 1. The monoisotopic (exact) mass is 342 g/mol. The SMILES string of the molecule is Cc1noc(NC(=O)N2CCC(c3nccc(C(F)(F)F)n3)C2)n1. The van der Waals surface area contributed by atoms with Crippen molar-refractivity contribution in [2.24, 2.45) is 0 Å². The third kappa shape index (κ3) is 3.44. The van der Waals surface area contributed by atoms with E-state index in [1.807, 2.05) is 0 Å². The molecule has 2 aromatic rings. The van der Waals surface area contributed by atoms with Crippen LogP contribution in [0, 0.1) is 6.92 Å². The highest BCUT2D eigenvalue weighted by Crippen LogP contribution is 2.30. The largest absolute Gasteiger partial charge is 0.433 e. The third-order valence-corrected chi connectivity index (χ3v) is 3.55. The Morgan fingerprint density at radius 1 is 1.42 bits per heavy atom. The topological polar surface area (TPSA) is 97.0 Å². The number of likely N-dealkylation sites (tertiary alicyclic amines) is 1. The van der Waals surface area contributed by atoms with Crippen molar-refractivity contribution in [2.45, 2.75) is 25.4 Å². The molecule has 0 aromatic carbocycles. The normalized spacial score (nSPS) is 18.0. The Kier molecular flexibility index (Phi) is 4.08. The zero-order chi connectivity index (χ0) is 17.3. The van der Waals surface area contributed by atoms with Crippen LogP contribution in [0.25, 0.3) is 0 Å². The summed E-state index contributed by atoms with van der Waals surface area (Å²) in [5, 5.41) is 5.98. The molecule has 1 unspecified atom stereocenters. The smallest absolute Gasteiger partial charge is 0.324 e. The number of nitrogens with zero attached hydrogens (tertiary/aromatic N) is 5. The van der Waals surface area contributed by atoms with Crippen molar-refractivity contribution >= 4 is 12.0 Å². The summed E-state index contributed by atoms with van der Waals surface area (Å²) in [6.07, 6.45) is -2.98. The molecule has 11 heteroatoms. The van der Waals surface area contributed by atoms with E-state index in [0.29, 0.717) is 18.8 Å². The van der Waals surface area contributed by atoms with Gasteiger partial charge >= 0.3 is 18.2 Å². The molecule has 1 aliphatic heterocycles. The first-order valence-electron chi connectivity index (χ1n) is 7.09. The van der Waals surface area contributed by atoms with E-state index in [1.165, 1.54) is 4.90 Å². The van der Waals surface area contributed by atoms with Crippen LogP contribution in [0.15, 0.2) is 16.8 Å². The van der Waals surface area contributed by atoms with Crippen molar-refractivity contribution in [3.63, 3.8) is 0 Å². The molecule has 0 spiro atoms. The maximum atomic E-state index is 12.7. The number of anilines is 1. The van der Waals surface area contributed by atoms with E-state index in [9.17, 15) is 18.0 Å².